The number of tetrazole rings is 1. The van der Waals surface area contributed by atoms with Gasteiger partial charge in [0.05, 0.1) is 19.8 Å². The van der Waals surface area contributed by atoms with Crippen LogP contribution < -0.4 is 15.2 Å². The van der Waals surface area contributed by atoms with Crippen molar-refractivity contribution in [1.82, 2.24) is 30.1 Å². The van der Waals surface area contributed by atoms with E-state index in [0.717, 1.165) is 74.4 Å². The molecule has 1 N–H and O–H groups in total. The Hall–Kier alpha value is -3.76. The number of fused-ring (bicyclic) bond motifs is 1. The molecule has 0 bridgehead atoms. The van der Waals surface area contributed by atoms with Crippen LogP contribution in [-0.2, 0) is 17.7 Å². The van der Waals surface area contributed by atoms with Crippen LogP contribution in [0.5, 0.6) is 5.75 Å². The zero-order chi connectivity index (χ0) is 26.8. The molecule has 0 amide bonds. The number of rotatable bonds is 8. The topological polar surface area (TPSA) is 101 Å². The second-order valence-electron chi connectivity index (χ2n) is 10.3. The van der Waals surface area contributed by atoms with E-state index >= 15 is 0 Å². The maximum Gasteiger partial charge on any atom is 0.253 e. The molecular weight excluding hydrogens is 494 g/mol. The lowest BCUT2D eigenvalue weighted by atomic mass is 10.0. The summed E-state index contributed by atoms with van der Waals surface area (Å²) in [6.45, 7) is 6.65. The van der Waals surface area contributed by atoms with Crippen LogP contribution in [0.25, 0.3) is 10.9 Å². The molecule has 0 unspecified atom stereocenters. The van der Waals surface area contributed by atoms with Gasteiger partial charge in [-0.15, -0.1) is 5.10 Å². The number of aromatic nitrogens is 5. The predicted molar refractivity (Wildman–Crippen MR) is 149 cm³/mol. The number of nitrogens with zero attached hydrogens (tertiary/aromatic N) is 6. The lowest BCUT2D eigenvalue weighted by Gasteiger charge is -2.39. The second kappa shape index (κ2) is 11.2. The Labute approximate surface area is 227 Å². The summed E-state index contributed by atoms with van der Waals surface area (Å²) in [4.78, 5) is 21.4. The van der Waals surface area contributed by atoms with Crippen molar-refractivity contribution in [2.45, 2.75) is 44.9 Å². The molecule has 6 rings (SSSR count). The number of hydrogen-bond donors (Lipinski definition) is 1. The Kier molecular flexibility index (Phi) is 7.30. The van der Waals surface area contributed by atoms with Gasteiger partial charge in [0.15, 0.2) is 5.82 Å². The molecule has 2 atom stereocenters. The van der Waals surface area contributed by atoms with Crippen molar-refractivity contribution >= 4 is 16.6 Å². The molecule has 39 heavy (non-hydrogen) atoms. The largest absolute Gasteiger partial charge is 0.497 e. The van der Waals surface area contributed by atoms with Crippen molar-refractivity contribution in [2.24, 2.45) is 0 Å². The summed E-state index contributed by atoms with van der Waals surface area (Å²) in [5, 5.41) is 13.9. The molecule has 2 aliphatic heterocycles. The highest BCUT2D eigenvalue weighted by molar-refractivity contribution is 5.80. The summed E-state index contributed by atoms with van der Waals surface area (Å²) in [6, 6.07) is 16.0. The van der Waals surface area contributed by atoms with E-state index in [1.54, 1.807) is 7.11 Å². The maximum atomic E-state index is 13.6. The van der Waals surface area contributed by atoms with Crippen molar-refractivity contribution < 1.29 is 9.47 Å². The third-order valence-electron chi connectivity index (χ3n) is 7.96. The Morgan fingerprint density at radius 3 is 2.64 bits per heavy atom. The quantitative estimate of drug-likeness (QED) is 0.372. The number of aromatic amines is 1. The van der Waals surface area contributed by atoms with E-state index in [2.05, 4.69) is 61.5 Å². The normalized spacial score (nSPS) is 19.0. The van der Waals surface area contributed by atoms with Crippen molar-refractivity contribution in [2.75, 3.05) is 44.8 Å². The minimum atomic E-state index is -0.377. The summed E-state index contributed by atoms with van der Waals surface area (Å²) in [6.07, 6.45) is 3.05. The summed E-state index contributed by atoms with van der Waals surface area (Å²) in [5.41, 5.74) is 3.78. The van der Waals surface area contributed by atoms with Crippen molar-refractivity contribution in [3.63, 3.8) is 0 Å². The SMILES string of the molecule is CCc1ccc2[nH]c(=O)c([C@@H](c3nnnn3C[C@@H]3CCCO3)N3CCN(c4ccc(OC)cc4)CC3)cc2c1. The first-order valence-corrected chi connectivity index (χ1v) is 13.8. The molecule has 10 nitrogen and oxygen atoms in total. The van der Waals surface area contributed by atoms with E-state index in [1.807, 2.05) is 28.9 Å². The number of ether oxygens (including phenoxy) is 2. The Bertz CT molecular complexity index is 1470. The Morgan fingerprint density at radius 2 is 1.92 bits per heavy atom. The molecule has 0 spiro atoms. The molecule has 4 aromatic rings. The van der Waals surface area contributed by atoms with Crippen LogP contribution >= 0.6 is 0 Å². The number of hydrogen-bond acceptors (Lipinski definition) is 8. The second-order valence-corrected chi connectivity index (χ2v) is 10.3. The lowest BCUT2D eigenvalue weighted by molar-refractivity contribution is 0.0906. The fourth-order valence-electron chi connectivity index (χ4n) is 5.75. The van der Waals surface area contributed by atoms with E-state index in [1.165, 1.54) is 5.56 Å². The summed E-state index contributed by atoms with van der Waals surface area (Å²) < 4.78 is 13.0. The average Bonchev–Trinajstić information content (AvgIpc) is 3.66. The maximum absolute atomic E-state index is 13.6. The number of benzene rings is 2. The van der Waals surface area contributed by atoms with Gasteiger partial charge in [-0.3, -0.25) is 9.69 Å². The molecule has 4 heterocycles. The highest BCUT2D eigenvalue weighted by Gasteiger charge is 2.33. The van der Waals surface area contributed by atoms with Gasteiger partial charge in [-0.2, -0.15) is 0 Å². The van der Waals surface area contributed by atoms with Crippen molar-refractivity contribution in [3.05, 3.63) is 75.8 Å². The molecule has 2 aromatic carbocycles. The number of H-pyrrole nitrogens is 1. The molecule has 0 radical (unpaired) electrons. The third kappa shape index (κ3) is 5.26. The summed E-state index contributed by atoms with van der Waals surface area (Å²) in [5.74, 6) is 1.53. The number of aryl methyl sites for hydroxylation is 1. The molecular formula is C29H35N7O3. The number of nitrogens with one attached hydrogen (secondary N) is 1. The molecule has 2 saturated heterocycles. The van der Waals surface area contributed by atoms with Gasteiger partial charge in [-0.25, -0.2) is 4.68 Å². The van der Waals surface area contributed by atoms with Gasteiger partial charge in [0.2, 0.25) is 0 Å². The standard InChI is InChI=1S/C29H35N7O3/c1-3-20-6-11-26-21(17-20)18-25(29(37)30-26)27(28-31-32-33-36(28)19-24-5-4-16-39-24)35-14-12-34(13-15-35)22-7-9-23(38-2)10-8-22/h6-11,17-18,24,27H,3-5,12-16,19H2,1-2H3,(H,30,37)/t24-,27-/m0/s1. The first-order valence-electron chi connectivity index (χ1n) is 13.8. The summed E-state index contributed by atoms with van der Waals surface area (Å²) >= 11 is 0. The minimum Gasteiger partial charge on any atom is -0.497 e. The number of anilines is 1. The fourth-order valence-corrected chi connectivity index (χ4v) is 5.75. The van der Waals surface area contributed by atoms with Gasteiger partial charge in [-0.1, -0.05) is 13.0 Å². The van der Waals surface area contributed by atoms with Gasteiger partial charge in [0, 0.05) is 49.6 Å². The third-order valence-corrected chi connectivity index (χ3v) is 7.96. The van der Waals surface area contributed by atoms with Crippen molar-refractivity contribution in [1.29, 1.82) is 0 Å². The minimum absolute atomic E-state index is 0.0850. The molecule has 0 aliphatic carbocycles. The molecule has 2 aliphatic rings. The monoisotopic (exact) mass is 529 g/mol. The molecule has 0 saturated carbocycles. The predicted octanol–water partition coefficient (Wildman–Crippen LogP) is 3.18. The van der Waals surface area contributed by atoms with Crippen LogP contribution in [0.15, 0.2) is 53.3 Å². The van der Waals surface area contributed by atoms with Crippen LogP contribution in [-0.4, -0.2) is 76.1 Å². The number of methoxy groups -OCH3 is 1. The highest BCUT2D eigenvalue weighted by Crippen LogP contribution is 2.30. The van der Waals surface area contributed by atoms with Crippen LogP contribution in [0, 0.1) is 0 Å². The van der Waals surface area contributed by atoms with E-state index in [9.17, 15) is 4.79 Å². The van der Waals surface area contributed by atoms with E-state index in [4.69, 9.17) is 9.47 Å². The Morgan fingerprint density at radius 1 is 1.10 bits per heavy atom. The Balaban J connectivity index is 1.35. The van der Waals surface area contributed by atoms with Crippen molar-refractivity contribution in [3.8, 4) is 5.75 Å². The zero-order valence-electron chi connectivity index (χ0n) is 22.5. The van der Waals surface area contributed by atoms with E-state index < -0.39 is 0 Å². The smallest absolute Gasteiger partial charge is 0.253 e. The average molecular weight is 530 g/mol. The van der Waals surface area contributed by atoms with Gasteiger partial charge in [0.25, 0.3) is 5.56 Å². The van der Waals surface area contributed by atoms with Crippen LogP contribution in [0.4, 0.5) is 5.69 Å². The number of pyridine rings is 1. The summed E-state index contributed by atoms with van der Waals surface area (Å²) in [7, 11) is 1.68. The number of piperazine rings is 1. The molecule has 2 aromatic heterocycles. The fraction of sp³-hybridized carbons (Fsp3) is 0.448. The molecule has 204 valence electrons. The van der Waals surface area contributed by atoms with Crippen LogP contribution in [0.1, 0.15) is 42.8 Å². The van der Waals surface area contributed by atoms with Gasteiger partial charge < -0.3 is 19.4 Å². The lowest BCUT2D eigenvalue weighted by Crippen LogP contribution is -2.49. The van der Waals surface area contributed by atoms with E-state index in [0.29, 0.717) is 17.9 Å². The first kappa shape index (κ1) is 25.5. The van der Waals surface area contributed by atoms with Crippen LogP contribution in [0.2, 0.25) is 0 Å². The zero-order valence-corrected chi connectivity index (χ0v) is 22.5. The highest BCUT2D eigenvalue weighted by atomic mass is 16.5. The van der Waals surface area contributed by atoms with Gasteiger partial charge >= 0.3 is 0 Å². The molecule has 10 heteroatoms. The van der Waals surface area contributed by atoms with Gasteiger partial charge in [-0.05, 0) is 83.1 Å². The first-order chi connectivity index (χ1) is 19.1. The molecule has 2 fully saturated rings. The van der Waals surface area contributed by atoms with Gasteiger partial charge in [0.1, 0.15) is 11.8 Å². The van der Waals surface area contributed by atoms with Crippen LogP contribution in [0.3, 0.4) is 0 Å². The van der Waals surface area contributed by atoms with E-state index in [-0.39, 0.29) is 17.7 Å².